The minimum absolute atomic E-state index is 0.271. The minimum Gasteiger partial charge on any atom is -0.323 e. The molecular weight excluding hydrogens is 240 g/mol. The number of rotatable bonds is 7. The van der Waals surface area contributed by atoms with Gasteiger partial charge in [0.05, 0.1) is 0 Å². The Morgan fingerprint density at radius 1 is 1.29 bits per heavy atom. The first kappa shape index (κ1) is 14.5. The maximum absolute atomic E-state index is 13.4. The number of thioether (sulfide) groups is 1. The molecule has 0 heterocycles. The van der Waals surface area contributed by atoms with E-state index in [0.29, 0.717) is 5.75 Å². The number of benzene rings is 1. The Bertz CT molecular complexity index is 344. The molecule has 0 aliphatic carbocycles. The molecule has 96 valence electrons. The van der Waals surface area contributed by atoms with Crippen LogP contribution in [0.5, 0.6) is 0 Å². The number of halogens is 2. The van der Waals surface area contributed by atoms with E-state index in [1.54, 1.807) is 11.8 Å². The van der Waals surface area contributed by atoms with Gasteiger partial charge in [0.1, 0.15) is 11.6 Å². The van der Waals surface area contributed by atoms with E-state index >= 15 is 0 Å². The van der Waals surface area contributed by atoms with Crippen LogP contribution in [0, 0.1) is 11.6 Å². The van der Waals surface area contributed by atoms with Crippen LogP contribution in [0.1, 0.15) is 37.8 Å². The molecule has 0 aliphatic heterocycles. The normalized spacial score (nSPS) is 12.7. The first-order valence-corrected chi connectivity index (χ1v) is 7.09. The summed E-state index contributed by atoms with van der Waals surface area (Å²) in [5.74, 6) is 0.795. The Balaban J connectivity index is 2.41. The average molecular weight is 259 g/mol. The van der Waals surface area contributed by atoms with Crippen LogP contribution in [0.2, 0.25) is 0 Å². The van der Waals surface area contributed by atoms with Crippen LogP contribution < -0.4 is 5.73 Å². The van der Waals surface area contributed by atoms with E-state index in [0.717, 1.165) is 24.3 Å². The molecule has 1 aromatic carbocycles. The highest BCUT2D eigenvalue weighted by molar-refractivity contribution is 7.99. The molecule has 0 spiro atoms. The fourth-order valence-electron chi connectivity index (χ4n) is 1.55. The fraction of sp³-hybridized carbons (Fsp3) is 0.538. The Hall–Kier alpha value is -0.610. The van der Waals surface area contributed by atoms with Crippen LogP contribution in [-0.4, -0.2) is 11.5 Å². The van der Waals surface area contributed by atoms with Crippen molar-refractivity contribution in [1.82, 2.24) is 0 Å². The Morgan fingerprint density at radius 2 is 2.06 bits per heavy atom. The van der Waals surface area contributed by atoms with Crippen molar-refractivity contribution in [1.29, 1.82) is 0 Å². The van der Waals surface area contributed by atoms with Gasteiger partial charge in [-0.25, -0.2) is 8.78 Å². The van der Waals surface area contributed by atoms with Crippen LogP contribution in [0.15, 0.2) is 18.2 Å². The second kappa shape index (κ2) is 7.67. The van der Waals surface area contributed by atoms with Crippen molar-refractivity contribution in [3.63, 3.8) is 0 Å². The van der Waals surface area contributed by atoms with Crippen molar-refractivity contribution < 1.29 is 8.78 Å². The van der Waals surface area contributed by atoms with E-state index in [9.17, 15) is 8.78 Å². The number of unbranched alkanes of at least 4 members (excludes halogenated alkanes) is 2. The van der Waals surface area contributed by atoms with Gasteiger partial charge in [-0.3, -0.25) is 0 Å². The predicted molar refractivity (Wildman–Crippen MR) is 70.1 cm³/mol. The third kappa shape index (κ3) is 5.04. The topological polar surface area (TPSA) is 26.0 Å². The van der Waals surface area contributed by atoms with Gasteiger partial charge in [0.15, 0.2) is 0 Å². The third-order valence-electron chi connectivity index (χ3n) is 2.55. The maximum Gasteiger partial charge on any atom is 0.128 e. The third-order valence-corrected chi connectivity index (χ3v) is 3.72. The van der Waals surface area contributed by atoms with Crippen molar-refractivity contribution in [2.75, 3.05) is 11.5 Å². The van der Waals surface area contributed by atoms with Gasteiger partial charge in [-0.2, -0.15) is 11.8 Å². The predicted octanol–water partition coefficient (Wildman–Crippen LogP) is 3.89. The summed E-state index contributed by atoms with van der Waals surface area (Å²) >= 11 is 1.70. The standard InChI is InChI=1S/C13H19F2NS/c1-2-3-4-7-17-9-13(16)11-8-10(14)5-6-12(11)15/h5-6,8,13H,2-4,7,9,16H2,1H3. The molecule has 0 fully saturated rings. The molecule has 17 heavy (non-hydrogen) atoms. The number of nitrogens with two attached hydrogens (primary N) is 1. The van der Waals surface area contributed by atoms with Crippen molar-refractivity contribution in [3.8, 4) is 0 Å². The van der Waals surface area contributed by atoms with Gasteiger partial charge < -0.3 is 5.73 Å². The molecule has 1 rings (SSSR count). The van der Waals surface area contributed by atoms with E-state index < -0.39 is 17.7 Å². The van der Waals surface area contributed by atoms with Crippen molar-refractivity contribution in [3.05, 3.63) is 35.4 Å². The molecule has 4 heteroatoms. The van der Waals surface area contributed by atoms with Crippen LogP contribution in [0.4, 0.5) is 8.78 Å². The van der Waals surface area contributed by atoms with E-state index in [-0.39, 0.29) is 5.56 Å². The molecule has 0 saturated heterocycles. The van der Waals surface area contributed by atoms with Crippen LogP contribution >= 0.6 is 11.8 Å². The second-order valence-corrected chi connectivity index (χ2v) is 5.20. The lowest BCUT2D eigenvalue weighted by Gasteiger charge is -2.12. The number of hydrogen-bond acceptors (Lipinski definition) is 2. The Labute approximate surface area is 106 Å². The molecule has 0 bridgehead atoms. The highest BCUT2D eigenvalue weighted by Gasteiger charge is 2.12. The van der Waals surface area contributed by atoms with E-state index in [1.165, 1.54) is 18.9 Å². The number of hydrogen-bond donors (Lipinski definition) is 1. The van der Waals surface area contributed by atoms with E-state index in [2.05, 4.69) is 6.92 Å². The van der Waals surface area contributed by atoms with Gasteiger partial charge in [-0.05, 0) is 30.4 Å². The SMILES string of the molecule is CCCCCSCC(N)c1cc(F)ccc1F. The second-order valence-electron chi connectivity index (χ2n) is 4.05. The lowest BCUT2D eigenvalue weighted by Crippen LogP contribution is -2.15. The lowest BCUT2D eigenvalue weighted by atomic mass is 10.1. The fourth-order valence-corrected chi connectivity index (χ4v) is 2.56. The first-order valence-electron chi connectivity index (χ1n) is 5.93. The van der Waals surface area contributed by atoms with Gasteiger partial charge in [0.2, 0.25) is 0 Å². The highest BCUT2D eigenvalue weighted by atomic mass is 32.2. The molecule has 0 aromatic heterocycles. The summed E-state index contributed by atoms with van der Waals surface area (Å²) in [6.07, 6.45) is 3.54. The zero-order valence-electron chi connectivity index (χ0n) is 10.1. The summed E-state index contributed by atoms with van der Waals surface area (Å²) in [6, 6.07) is 3.00. The van der Waals surface area contributed by atoms with Crippen LogP contribution in [-0.2, 0) is 0 Å². The van der Waals surface area contributed by atoms with Gasteiger partial charge in [-0.1, -0.05) is 19.8 Å². The molecule has 1 atom stereocenters. The van der Waals surface area contributed by atoms with E-state index in [1.807, 2.05) is 0 Å². The summed E-state index contributed by atoms with van der Waals surface area (Å²) in [7, 11) is 0. The first-order chi connectivity index (χ1) is 8.15. The Kier molecular flexibility index (Phi) is 6.52. The molecule has 0 saturated carbocycles. The summed E-state index contributed by atoms with van der Waals surface area (Å²) in [6.45, 7) is 2.15. The summed E-state index contributed by atoms with van der Waals surface area (Å²) in [5, 5.41) is 0. The molecule has 0 aliphatic rings. The average Bonchev–Trinajstić information content (AvgIpc) is 2.32. The molecule has 2 N–H and O–H groups in total. The largest absolute Gasteiger partial charge is 0.323 e. The molecule has 0 radical (unpaired) electrons. The smallest absolute Gasteiger partial charge is 0.128 e. The van der Waals surface area contributed by atoms with Crippen molar-refractivity contribution in [2.45, 2.75) is 32.2 Å². The molecule has 1 nitrogen and oxygen atoms in total. The quantitative estimate of drug-likeness (QED) is 0.752. The highest BCUT2D eigenvalue weighted by Crippen LogP contribution is 2.20. The zero-order valence-corrected chi connectivity index (χ0v) is 10.9. The molecule has 1 aromatic rings. The molecule has 1 unspecified atom stereocenters. The van der Waals surface area contributed by atoms with Gasteiger partial charge in [0.25, 0.3) is 0 Å². The van der Waals surface area contributed by atoms with E-state index in [4.69, 9.17) is 5.73 Å². The van der Waals surface area contributed by atoms with Gasteiger partial charge >= 0.3 is 0 Å². The van der Waals surface area contributed by atoms with Crippen molar-refractivity contribution in [2.24, 2.45) is 5.73 Å². The lowest BCUT2D eigenvalue weighted by molar-refractivity contribution is 0.573. The maximum atomic E-state index is 13.4. The van der Waals surface area contributed by atoms with Crippen LogP contribution in [0.25, 0.3) is 0 Å². The minimum atomic E-state index is -0.437. The van der Waals surface area contributed by atoms with Crippen LogP contribution in [0.3, 0.4) is 0 Å². The zero-order chi connectivity index (χ0) is 12.7. The Morgan fingerprint density at radius 3 is 2.76 bits per heavy atom. The monoisotopic (exact) mass is 259 g/mol. The van der Waals surface area contributed by atoms with Crippen molar-refractivity contribution >= 4 is 11.8 Å². The summed E-state index contributed by atoms with van der Waals surface area (Å²) < 4.78 is 26.4. The summed E-state index contributed by atoms with van der Waals surface area (Å²) in [4.78, 5) is 0. The van der Waals surface area contributed by atoms with Gasteiger partial charge in [-0.15, -0.1) is 0 Å². The summed E-state index contributed by atoms with van der Waals surface area (Å²) in [5.41, 5.74) is 6.12. The molecule has 0 amide bonds. The van der Waals surface area contributed by atoms with Gasteiger partial charge in [0, 0.05) is 17.4 Å². The molecular formula is C13H19F2NS.